The van der Waals surface area contributed by atoms with Gasteiger partial charge in [-0.2, -0.15) is 0 Å². The number of hydrogen-bond donors (Lipinski definition) is 2. The Morgan fingerprint density at radius 1 is 1.26 bits per heavy atom. The molecule has 0 fully saturated rings. The standard InChI is InChI=1S/C17H20ClN3O.HI/c1-12-6-5-7-13(10-12)21-17(19)20-11-16(22-2)14-8-3-4-9-15(14)18;/h3-10,16H,11H2,1-2H3,(H3,19,20,21);1H. The molecule has 2 rings (SSSR count). The summed E-state index contributed by atoms with van der Waals surface area (Å²) in [6.45, 7) is 2.42. The van der Waals surface area contributed by atoms with Gasteiger partial charge in [0.15, 0.2) is 5.96 Å². The Kier molecular flexibility index (Phi) is 8.36. The number of nitrogens with two attached hydrogens (primary N) is 1. The molecule has 0 aliphatic rings. The summed E-state index contributed by atoms with van der Waals surface area (Å²) in [4.78, 5) is 4.34. The molecule has 23 heavy (non-hydrogen) atoms. The van der Waals surface area contributed by atoms with E-state index >= 15 is 0 Å². The van der Waals surface area contributed by atoms with E-state index in [0.29, 0.717) is 17.5 Å². The van der Waals surface area contributed by atoms with Crippen LogP contribution in [0.2, 0.25) is 5.02 Å². The predicted molar refractivity (Wildman–Crippen MR) is 108 cm³/mol. The molecule has 1 unspecified atom stereocenters. The first-order valence-electron chi connectivity index (χ1n) is 7.01. The van der Waals surface area contributed by atoms with E-state index in [2.05, 4.69) is 10.3 Å². The molecule has 2 aromatic carbocycles. The number of nitrogens with one attached hydrogen (secondary N) is 1. The van der Waals surface area contributed by atoms with Gasteiger partial charge in [-0.3, -0.25) is 4.99 Å². The Bertz CT molecular complexity index is 664. The van der Waals surface area contributed by atoms with Crippen LogP contribution in [0, 0.1) is 6.92 Å². The second kappa shape index (κ2) is 9.75. The summed E-state index contributed by atoms with van der Waals surface area (Å²) in [5.74, 6) is 0.347. The van der Waals surface area contributed by atoms with Crippen LogP contribution in [0.4, 0.5) is 5.69 Å². The van der Waals surface area contributed by atoms with E-state index in [-0.39, 0.29) is 30.1 Å². The van der Waals surface area contributed by atoms with Gasteiger partial charge in [0.25, 0.3) is 0 Å². The molecule has 0 radical (unpaired) electrons. The number of ether oxygens (including phenoxy) is 1. The molecule has 0 saturated heterocycles. The van der Waals surface area contributed by atoms with Crippen LogP contribution in [0.1, 0.15) is 17.2 Å². The van der Waals surface area contributed by atoms with Gasteiger partial charge in [-0.15, -0.1) is 24.0 Å². The quantitative estimate of drug-likeness (QED) is 0.408. The maximum absolute atomic E-state index is 6.18. The maximum Gasteiger partial charge on any atom is 0.193 e. The van der Waals surface area contributed by atoms with Crippen LogP contribution in [-0.4, -0.2) is 19.6 Å². The zero-order valence-electron chi connectivity index (χ0n) is 13.1. The second-order valence-electron chi connectivity index (χ2n) is 4.97. The molecule has 4 nitrogen and oxygen atoms in total. The van der Waals surface area contributed by atoms with Gasteiger partial charge >= 0.3 is 0 Å². The van der Waals surface area contributed by atoms with Crippen LogP contribution < -0.4 is 11.1 Å². The normalized spacial score (nSPS) is 12.4. The summed E-state index contributed by atoms with van der Waals surface area (Å²) in [6, 6.07) is 15.5. The highest BCUT2D eigenvalue weighted by atomic mass is 127. The van der Waals surface area contributed by atoms with Gasteiger partial charge in [-0.25, -0.2) is 0 Å². The van der Waals surface area contributed by atoms with Crippen LogP contribution in [0.25, 0.3) is 0 Å². The minimum absolute atomic E-state index is 0. The highest BCUT2D eigenvalue weighted by molar-refractivity contribution is 14.0. The Labute approximate surface area is 159 Å². The van der Waals surface area contributed by atoms with Crippen molar-refractivity contribution in [1.29, 1.82) is 0 Å². The average molecular weight is 446 g/mol. The molecule has 1 atom stereocenters. The molecule has 0 amide bonds. The van der Waals surface area contributed by atoms with Gasteiger partial charge in [-0.05, 0) is 30.7 Å². The monoisotopic (exact) mass is 445 g/mol. The minimum Gasteiger partial charge on any atom is -0.375 e. The lowest BCUT2D eigenvalue weighted by molar-refractivity contribution is 0.111. The van der Waals surface area contributed by atoms with Crippen molar-refractivity contribution in [3.05, 3.63) is 64.7 Å². The van der Waals surface area contributed by atoms with Crippen molar-refractivity contribution >= 4 is 47.2 Å². The number of hydrogen-bond acceptors (Lipinski definition) is 2. The van der Waals surface area contributed by atoms with Crippen LogP contribution in [0.3, 0.4) is 0 Å². The molecule has 0 heterocycles. The Morgan fingerprint density at radius 2 is 2.00 bits per heavy atom. The number of aliphatic imine (C=N–C) groups is 1. The summed E-state index contributed by atoms with van der Waals surface area (Å²) >= 11 is 6.18. The van der Waals surface area contributed by atoms with Gasteiger partial charge in [0.2, 0.25) is 0 Å². The molecule has 2 aromatic rings. The van der Waals surface area contributed by atoms with Crippen LogP contribution in [-0.2, 0) is 4.74 Å². The summed E-state index contributed by atoms with van der Waals surface area (Å²) in [5, 5.41) is 3.73. The number of benzene rings is 2. The molecule has 0 aliphatic carbocycles. The van der Waals surface area contributed by atoms with E-state index in [0.717, 1.165) is 16.8 Å². The third-order valence-electron chi connectivity index (χ3n) is 3.25. The first-order chi connectivity index (χ1) is 10.6. The number of halogens is 2. The van der Waals surface area contributed by atoms with E-state index in [1.54, 1.807) is 7.11 Å². The highest BCUT2D eigenvalue weighted by Crippen LogP contribution is 2.25. The first kappa shape index (κ1) is 19.7. The second-order valence-corrected chi connectivity index (χ2v) is 5.37. The van der Waals surface area contributed by atoms with Gasteiger partial charge in [0, 0.05) is 23.4 Å². The van der Waals surface area contributed by atoms with Crippen LogP contribution in [0.15, 0.2) is 53.5 Å². The highest BCUT2D eigenvalue weighted by Gasteiger charge is 2.13. The summed E-state index contributed by atoms with van der Waals surface area (Å²) in [5.41, 5.74) is 8.89. The lowest BCUT2D eigenvalue weighted by Crippen LogP contribution is -2.24. The molecular weight excluding hydrogens is 425 g/mol. The first-order valence-corrected chi connectivity index (χ1v) is 7.39. The molecule has 3 N–H and O–H groups in total. The lowest BCUT2D eigenvalue weighted by atomic mass is 10.1. The fourth-order valence-corrected chi connectivity index (χ4v) is 2.38. The fraction of sp³-hybridized carbons (Fsp3) is 0.235. The number of nitrogens with zero attached hydrogens (tertiary/aromatic N) is 1. The van der Waals surface area contributed by atoms with Crippen molar-refractivity contribution < 1.29 is 4.74 Å². The largest absolute Gasteiger partial charge is 0.375 e. The Balaban J connectivity index is 0.00000264. The summed E-state index contributed by atoms with van der Waals surface area (Å²) in [7, 11) is 1.63. The van der Waals surface area contributed by atoms with E-state index in [4.69, 9.17) is 22.1 Å². The smallest absolute Gasteiger partial charge is 0.193 e. The van der Waals surface area contributed by atoms with Crippen molar-refractivity contribution in [2.75, 3.05) is 19.0 Å². The maximum atomic E-state index is 6.18. The number of anilines is 1. The van der Waals surface area contributed by atoms with Crippen molar-refractivity contribution in [3.8, 4) is 0 Å². The third-order valence-corrected chi connectivity index (χ3v) is 3.60. The topological polar surface area (TPSA) is 59.6 Å². The number of rotatable bonds is 5. The minimum atomic E-state index is -0.230. The Hall–Kier alpha value is -1.31. The molecule has 6 heteroatoms. The van der Waals surface area contributed by atoms with Crippen molar-refractivity contribution in [2.24, 2.45) is 10.7 Å². The molecule has 0 bridgehead atoms. The molecule has 0 spiro atoms. The zero-order valence-corrected chi connectivity index (χ0v) is 16.2. The van der Waals surface area contributed by atoms with Crippen molar-refractivity contribution in [2.45, 2.75) is 13.0 Å². The molecule has 0 saturated carbocycles. The molecule has 0 aliphatic heterocycles. The number of methoxy groups -OCH3 is 1. The summed E-state index contributed by atoms with van der Waals surface area (Å²) in [6.07, 6.45) is -0.230. The summed E-state index contributed by atoms with van der Waals surface area (Å²) < 4.78 is 5.46. The molecule has 0 aromatic heterocycles. The molecular formula is C17H21ClIN3O. The van der Waals surface area contributed by atoms with Gasteiger partial charge in [0.1, 0.15) is 6.10 Å². The fourth-order valence-electron chi connectivity index (χ4n) is 2.13. The SMILES string of the molecule is COC(CN=C(N)Nc1cccc(C)c1)c1ccccc1Cl.I. The van der Waals surface area contributed by atoms with Crippen LogP contribution >= 0.6 is 35.6 Å². The van der Waals surface area contributed by atoms with E-state index in [9.17, 15) is 0 Å². The lowest BCUT2D eigenvalue weighted by Gasteiger charge is -2.15. The van der Waals surface area contributed by atoms with E-state index in [1.807, 2.05) is 55.5 Å². The zero-order chi connectivity index (χ0) is 15.9. The predicted octanol–water partition coefficient (Wildman–Crippen LogP) is 4.38. The Morgan fingerprint density at radius 3 is 2.65 bits per heavy atom. The van der Waals surface area contributed by atoms with Crippen molar-refractivity contribution in [1.82, 2.24) is 0 Å². The van der Waals surface area contributed by atoms with E-state index < -0.39 is 0 Å². The number of aryl methyl sites for hydroxylation is 1. The van der Waals surface area contributed by atoms with E-state index in [1.165, 1.54) is 0 Å². The third kappa shape index (κ3) is 6.01. The van der Waals surface area contributed by atoms with Crippen molar-refractivity contribution in [3.63, 3.8) is 0 Å². The van der Waals surface area contributed by atoms with Gasteiger partial charge in [0.05, 0.1) is 6.54 Å². The van der Waals surface area contributed by atoms with Gasteiger partial charge < -0.3 is 15.8 Å². The molecule has 124 valence electrons. The number of guanidine groups is 1. The van der Waals surface area contributed by atoms with Crippen LogP contribution in [0.5, 0.6) is 0 Å². The average Bonchev–Trinajstić information content (AvgIpc) is 2.49. The van der Waals surface area contributed by atoms with Gasteiger partial charge in [-0.1, -0.05) is 41.9 Å².